The van der Waals surface area contributed by atoms with E-state index in [0.29, 0.717) is 4.73 Å². The van der Waals surface area contributed by atoms with Gasteiger partial charge < -0.3 is 4.90 Å². The highest BCUT2D eigenvalue weighted by Gasteiger charge is 2.35. The van der Waals surface area contributed by atoms with Gasteiger partial charge in [-0.25, -0.2) is 17.5 Å². The lowest BCUT2D eigenvalue weighted by molar-refractivity contribution is -0.905. The molecule has 0 saturated carbocycles. The number of pyridine rings is 1. The van der Waals surface area contributed by atoms with Crippen LogP contribution in [0.15, 0.2) is 24.7 Å². The Morgan fingerprint density at radius 1 is 1.38 bits per heavy atom. The van der Waals surface area contributed by atoms with Crippen molar-refractivity contribution in [3.8, 4) is 5.69 Å². The fraction of sp³-hybridized carbons (Fsp3) is 0.400. The Morgan fingerprint density at radius 2 is 2.03 bits per heavy atom. The molecule has 29 heavy (non-hydrogen) atoms. The number of alkyl halides is 3. The summed E-state index contributed by atoms with van der Waals surface area (Å²) < 4.78 is 74.9. The van der Waals surface area contributed by atoms with Crippen LogP contribution >= 0.6 is 11.6 Å². The van der Waals surface area contributed by atoms with Crippen molar-refractivity contribution in [1.29, 1.82) is 0 Å². The van der Waals surface area contributed by atoms with E-state index in [4.69, 9.17) is 11.6 Å². The number of amides is 1. The second-order valence-electron chi connectivity index (χ2n) is 5.94. The summed E-state index contributed by atoms with van der Waals surface area (Å²) in [7, 11) is -4.51. The molecule has 14 heteroatoms. The SMILES string of the molecule is CCN(C(=O)CCS(=O)(=O)CC(F)(F)F)c1cn(-c2cc(F)c[n+](O)c2)nc1Cl. The largest absolute Gasteiger partial charge is 0.402 e. The fourth-order valence-corrected chi connectivity index (χ4v) is 3.84. The van der Waals surface area contributed by atoms with Crippen LogP contribution < -0.4 is 9.63 Å². The second-order valence-corrected chi connectivity index (χ2v) is 8.48. The molecule has 2 aromatic heterocycles. The first-order valence-electron chi connectivity index (χ1n) is 8.05. The minimum Gasteiger partial charge on any atom is -0.308 e. The maximum absolute atomic E-state index is 13.4. The molecule has 0 atom stereocenters. The van der Waals surface area contributed by atoms with Gasteiger partial charge in [0.05, 0.1) is 11.9 Å². The van der Waals surface area contributed by atoms with Gasteiger partial charge in [0.1, 0.15) is 17.1 Å². The Kier molecular flexibility index (Phi) is 6.73. The van der Waals surface area contributed by atoms with E-state index in [2.05, 4.69) is 5.10 Å². The van der Waals surface area contributed by atoms with Gasteiger partial charge in [-0.05, 0) is 6.92 Å². The minimum absolute atomic E-state index is 0.0206. The first kappa shape index (κ1) is 22.9. The van der Waals surface area contributed by atoms with Crippen LogP contribution in [0.3, 0.4) is 0 Å². The highest BCUT2D eigenvalue weighted by atomic mass is 35.5. The number of hydrogen-bond donors (Lipinski definition) is 1. The summed E-state index contributed by atoms with van der Waals surface area (Å²) in [5.41, 5.74) is 0.109. The molecule has 160 valence electrons. The van der Waals surface area contributed by atoms with E-state index >= 15 is 0 Å². The molecule has 0 spiro atoms. The predicted octanol–water partition coefficient (Wildman–Crippen LogP) is 1.91. The molecule has 2 rings (SSSR count). The zero-order valence-corrected chi connectivity index (χ0v) is 16.5. The average Bonchev–Trinajstić information content (AvgIpc) is 2.93. The van der Waals surface area contributed by atoms with Gasteiger partial charge in [0.2, 0.25) is 12.1 Å². The predicted molar refractivity (Wildman–Crippen MR) is 93.3 cm³/mol. The Balaban J connectivity index is 2.21. The summed E-state index contributed by atoms with van der Waals surface area (Å²) in [4.78, 5) is 13.4. The molecule has 8 nitrogen and oxygen atoms in total. The third-order valence-corrected chi connectivity index (χ3v) is 5.50. The van der Waals surface area contributed by atoms with E-state index in [-0.39, 0.29) is 23.1 Å². The van der Waals surface area contributed by atoms with Gasteiger partial charge in [-0.1, -0.05) is 11.6 Å². The van der Waals surface area contributed by atoms with Gasteiger partial charge in [-0.15, -0.1) is 0 Å². The zero-order valence-electron chi connectivity index (χ0n) is 14.9. The molecule has 1 N–H and O–H groups in total. The van der Waals surface area contributed by atoms with Crippen molar-refractivity contribution in [3.05, 3.63) is 35.6 Å². The van der Waals surface area contributed by atoms with Crippen molar-refractivity contribution in [2.45, 2.75) is 19.5 Å². The number of sulfone groups is 1. The van der Waals surface area contributed by atoms with Crippen LogP contribution in [0.4, 0.5) is 23.2 Å². The van der Waals surface area contributed by atoms with Gasteiger partial charge in [0.25, 0.3) is 6.20 Å². The number of halogens is 5. The minimum atomic E-state index is -4.90. The molecular formula is C15H16ClF4N4O4S+. The zero-order chi connectivity index (χ0) is 22.0. The highest BCUT2D eigenvalue weighted by molar-refractivity contribution is 7.91. The Morgan fingerprint density at radius 3 is 2.59 bits per heavy atom. The van der Waals surface area contributed by atoms with Gasteiger partial charge >= 0.3 is 6.18 Å². The molecule has 0 radical (unpaired) electrons. The van der Waals surface area contributed by atoms with Crippen LogP contribution in [0.1, 0.15) is 13.3 Å². The summed E-state index contributed by atoms with van der Waals surface area (Å²) in [5, 5.41) is 13.1. The van der Waals surface area contributed by atoms with E-state index in [1.807, 2.05) is 0 Å². The average molecular weight is 460 g/mol. The molecule has 0 unspecified atom stereocenters. The van der Waals surface area contributed by atoms with Gasteiger partial charge in [0, 0.05) is 23.8 Å². The molecule has 1 amide bonds. The Labute approximate surface area is 167 Å². The van der Waals surface area contributed by atoms with E-state index in [1.165, 1.54) is 6.20 Å². The van der Waals surface area contributed by atoms with Gasteiger partial charge in [0.15, 0.2) is 20.8 Å². The van der Waals surface area contributed by atoms with Crippen molar-refractivity contribution in [2.24, 2.45) is 0 Å². The Hall–Kier alpha value is -2.41. The van der Waals surface area contributed by atoms with Gasteiger partial charge in [-0.2, -0.15) is 18.3 Å². The molecular weight excluding hydrogens is 444 g/mol. The second kappa shape index (κ2) is 8.53. The van der Waals surface area contributed by atoms with Crippen LogP contribution in [0.25, 0.3) is 5.69 Å². The van der Waals surface area contributed by atoms with Crippen LogP contribution in [0, 0.1) is 5.82 Å². The van der Waals surface area contributed by atoms with E-state index in [1.54, 1.807) is 6.92 Å². The van der Waals surface area contributed by atoms with E-state index < -0.39 is 45.7 Å². The molecule has 2 aromatic rings. The number of rotatable bonds is 7. The van der Waals surface area contributed by atoms with Crippen LogP contribution in [0.5, 0.6) is 0 Å². The van der Waals surface area contributed by atoms with Gasteiger partial charge in [-0.3, -0.25) is 10.0 Å². The number of nitrogens with zero attached hydrogens (tertiary/aromatic N) is 4. The summed E-state index contributed by atoms with van der Waals surface area (Å²) in [6, 6.07) is 1.03. The number of carbonyl (C=O) groups is 1. The first-order valence-corrected chi connectivity index (χ1v) is 10.3. The third kappa shape index (κ3) is 6.29. The highest BCUT2D eigenvalue weighted by Crippen LogP contribution is 2.27. The lowest BCUT2D eigenvalue weighted by Gasteiger charge is -2.19. The number of aromatic nitrogens is 3. The summed E-state index contributed by atoms with van der Waals surface area (Å²) >= 11 is 6.01. The van der Waals surface area contributed by atoms with Crippen LogP contribution in [-0.2, 0) is 14.6 Å². The molecule has 0 bridgehead atoms. The quantitative estimate of drug-likeness (QED) is 0.387. The summed E-state index contributed by atoms with van der Waals surface area (Å²) in [6.07, 6.45) is -2.45. The van der Waals surface area contributed by atoms with E-state index in [9.17, 15) is 36.0 Å². The lowest BCUT2D eigenvalue weighted by atomic mass is 10.3. The van der Waals surface area contributed by atoms with Crippen molar-refractivity contribution in [2.75, 3.05) is 23.0 Å². The van der Waals surface area contributed by atoms with Crippen LogP contribution in [0.2, 0.25) is 5.15 Å². The maximum atomic E-state index is 13.4. The molecule has 0 aliphatic rings. The normalized spacial score (nSPS) is 12.2. The monoisotopic (exact) mass is 459 g/mol. The summed E-state index contributed by atoms with van der Waals surface area (Å²) in [5.74, 6) is -4.56. The van der Waals surface area contributed by atoms with Crippen molar-refractivity contribution < 1.29 is 40.7 Å². The number of anilines is 1. The fourth-order valence-electron chi connectivity index (χ4n) is 2.48. The lowest BCUT2D eigenvalue weighted by Crippen LogP contribution is -2.33. The molecule has 0 aromatic carbocycles. The Bertz CT molecular complexity index is 990. The standard InChI is InChI=1S/C15H16ClF4N4O4S/c1-2-23(13(25)3-4-29(27,28)9-15(18,19)20)12-8-24(21-14(12)16)11-5-10(17)6-22(26)7-11/h5-8,26H,2-4,9H2,1H3/q+1. The molecule has 0 aliphatic heterocycles. The molecule has 0 fully saturated rings. The maximum Gasteiger partial charge on any atom is 0.402 e. The number of carbonyl (C=O) groups excluding carboxylic acids is 1. The van der Waals surface area contributed by atoms with Crippen molar-refractivity contribution in [1.82, 2.24) is 9.78 Å². The van der Waals surface area contributed by atoms with E-state index in [0.717, 1.165) is 28.0 Å². The molecule has 0 aliphatic carbocycles. The van der Waals surface area contributed by atoms with Crippen LogP contribution in [-0.4, -0.2) is 53.5 Å². The van der Waals surface area contributed by atoms with Crippen molar-refractivity contribution >= 4 is 33.0 Å². The molecule has 2 heterocycles. The topological polar surface area (TPSA) is 96.4 Å². The summed E-state index contributed by atoms with van der Waals surface area (Å²) in [6.45, 7) is 1.56. The molecule has 0 saturated heterocycles. The smallest absolute Gasteiger partial charge is 0.308 e. The first-order chi connectivity index (χ1) is 13.3. The van der Waals surface area contributed by atoms with Crippen molar-refractivity contribution in [3.63, 3.8) is 0 Å². The number of hydrogen-bond acceptors (Lipinski definition) is 5. The third-order valence-electron chi connectivity index (χ3n) is 3.64.